The Morgan fingerprint density at radius 3 is 2.61 bits per heavy atom. The first-order valence-electron chi connectivity index (χ1n) is 8.03. The number of anilines is 2. The number of nitrogen functional groups attached to an aromatic ring is 1. The van der Waals surface area contributed by atoms with E-state index >= 15 is 0 Å². The molecule has 28 heavy (non-hydrogen) atoms. The molecule has 0 radical (unpaired) electrons. The fourth-order valence-corrected chi connectivity index (χ4v) is 2.54. The second kappa shape index (κ2) is 7.92. The van der Waals surface area contributed by atoms with Gasteiger partial charge >= 0.3 is 0 Å². The van der Waals surface area contributed by atoms with Crippen LogP contribution in [0.2, 0.25) is 0 Å². The Labute approximate surface area is 158 Å². The van der Waals surface area contributed by atoms with E-state index in [1.807, 2.05) is 0 Å². The average molecular weight is 387 g/mol. The average Bonchev–Trinajstić information content (AvgIpc) is 2.68. The summed E-state index contributed by atoms with van der Waals surface area (Å²) in [6.07, 6.45) is 2.74. The van der Waals surface area contributed by atoms with Crippen molar-refractivity contribution >= 4 is 17.3 Å². The minimum atomic E-state index is -1.15. The number of rotatable bonds is 4. The van der Waals surface area contributed by atoms with Crippen LogP contribution >= 0.6 is 0 Å². The lowest BCUT2D eigenvalue weighted by atomic mass is 10.1. The number of halogens is 3. The van der Waals surface area contributed by atoms with E-state index in [1.165, 1.54) is 37.6 Å². The van der Waals surface area contributed by atoms with E-state index in [1.54, 1.807) is 12.1 Å². The normalized spacial score (nSPS) is 11.4. The summed E-state index contributed by atoms with van der Waals surface area (Å²) in [6, 6.07) is 7.93. The molecule has 10 heteroatoms. The number of amidine groups is 1. The summed E-state index contributed by atoms with van der Waals surface area (Å²) in [7, 11) is 1.50. The van der Waals surface area contributed by atoms with Crippen molar-refractivity contribution in [1.29, 1.82) is 0 Å². The Kier molecular flexibility index (Phi) is 5.41. The van der Waals surface area contributed by atoms with E-state index in [0.717, 1.165) is 11.1 Å². The van der Waals surface area contributed by atoms with E-state index in [0.29, 0.717) is 11.1 Å². The molecule has 144 valence electrons. The predicted molar refractivity (Wildman–Crippen MR) is 100 cm³/mol. The second-order valence-corrected chi connectivity index (χ2v) is 5.63. The summed E-state index contributed by atoms with van der Waals surface area (Å²) in [5.74, 6) is 3.16. The SMILES string of the molecule is CN/N=C(/c1cc(-c2ccnc(F)c2)cnc1N)N(N)c1cccc(F)c1F. The van der Waals surface area contributed by atoms with Crippen molar-refractivity contribution in [3.63, 3.8) is 0 Å². The van der Waals surface area contributed by atoms with Crippen LogP contribution in [0, 0.1) is 17.6 Å². The smallest absolute Gasteiger partial charge is 0.213 e. The zero-order chi connectivity index (χ0) is 20.3. The largest absolute Gasteiger partial charge is 0.383 e. The molecule has 0 bridgehead atoms. The van der Waals surface area contributed by atoms with Gasteiger partial charge < -0.3 is 11.2 Å². The molecule has 3 aromatic rings. The molecular weight excluding hydrogens is 371 g/mol. The maximum atomic E-state index is 14.2. The Morgan fingerprint density at radius 2 is 1.89 bits per heavy atom. The standard InChI is InChI=1S/C18H16F3N7/c1-24-27-18(28(23)14-4-2-3-13(19)16(14)21)12-7-11(9-26-17(12)22)10-5-6-25-15(20)8-10/h2-9,24H,23H2,1H3,(H2,22,26)/b27-18-. The maximum Gasteiger partial charge on any atom is 0.213 e. The number of nitrogens with one attached hydrogen (secondary N) is 1. The number of benzene rings is 1. The highest BCUT2D eigenvalue weighted by molar-refractivity contribution is 6.12. The number of hydrogen-bond donors (Lipinski definition) is 3. The monoisotopic (exact) mass is 387 g/mol. The molecule has 3 rings (SSSR count). The van der Waals surface area contributed by atoms with Crippen molar-refractivity contribution in [3.8, 4) is 11.1 Å². The van der Waals surface area contributed by atoms with Gasteiger partial charge in [0.15, 0.2) is 17.5 Å². The van der Waals surface area contributed by atoms with E-state index in [4.69, 9.17) is 11.6 Å². The van der Waals surface area contributed by atoms with E-state index in [9.17, 15) is 13.2 Å². The zero-order valence-electron chi connectivity index (χ0n) is 14.7. The molecule has 0 atom stereocenters. The molecule has 0 fully saturated rings. The highest BCUT2D eigenvalue weighted by Crippen LogP contribution is 2.26. The van der Waals surface area contributed by atoms with Gasteiger partial charge in [-0.05, 0) is 29.8 Å². The maximum absolute atomic E-state index is 14.2. The van der Waals surface area contributed by atoms with Crippen LogP contribution in [0.4, 0.5) is 24.7 Å². The van der Waals surface area contributed by atoms with Crippen molar-refractivity contribution in [1.82, 2.24) is 15.4 Å². The third kappa shape index (κ3) is 3.71. The minimum absolute atomic E-state index is 0.0200. The molecular formula is C18H16F3N7. The molecule has 0 amide bonds. The summed E-state index contributed by atoms with van der Waals surface area (Å²) in [6.45, 7) is 0. The molecule has 0 aliphatic heterocycles. The molecule has 0 saturated carbocycles. The van der Waals surface area contributed by atoms with Crippen LogP contribution in [0.25, 0.3) is 11.1 Å². The molecule has 2 aromatic heterocycles. The van der Waals surface area contributed by atoms with Crippen molar-refractivity contribution < 1.29 is 13.2 Å². The Morgan fingerprint density at radius 1 is 1.11 bits per heavy atom. The number of hydrazone groups is 1. The first kappa shape index (κ1) is 19.1. The number of aromatic nitrogens is 2. The fraction of sp³-hybridized carbons (Fsp3) is 0.0556. The summed E-state index contributed by atoms with van der Waals surface area (Å²) in [5, 5.41) is 4.87. The molecule has 5 N–H and O–H groups in total. The lowest BCUT2D eigenvalue weighted by Crippen LogP contribution is -2.40. The highest BCUT2D eigenvalue weighted by Gasteiger charge is 2.21. The molecule has 0 saturated heterocycles. The summed E-state index contributed by atoms with van der Waals surface area (Å²) in [5.41, 5.74) is 9.47. The van der Waals surface area contributed by atoms with E-state index < -0.39 is 17.6 Å². The van der Waals surface area contributed by atoms with Crippen LogP contribution < -0.4 is 22.0 Å². The predicted octanol–water partition coefficient (Wildman–Crippen LogP) is 2.40. The third-order valence-corrected chi connectivity index (χ3v) is 3.86. The fourth-order valence-electron chi connectivity index (χ4n) is 2.54. The topological polar surface area (TPSA) is 105 Å². The lowest BCUT2D eigenvalue weighted by Gasteiger charge is -2.22. The van der Waals surface area contributed by atoms with Crippen molar-refractivity contribution in [3.05, 3.63) is 71.9 Å². The molecule has 2 heterocycles. The van der Waals surface area contributed by atoms with Crippen molar-refractivity contribution in [2.75, 3.05) is 17.8 Å². The number of hydrogen-bond acceptors (Lipinski definition) is 6. The van der Waals surface area contributed by atoms with Crippen LogP contribution in [0.5, 0.6) is 0 Å². The van der Waals surface area contributed by atoms with E-state index in [2.05, 4.69) is 20.5 Å². The molecule has 0 unspecified atom stereocenters. The van der Waals surface area contributed by atoms with Crippen LogP contribution in [-0.4, -0.2) is 22.9 Å². The van der Waals surface area contributed by atoms with Crippen LogP contribution in [-0.2, 0) is 0 Å². The number of nitrogens with zero attached hydrogens (tertiary/aromatic N) is 4. The second-order valence-electron chi connectivity index (χ2n) is 5.63. The minimum Gasteiger partial charge on any atom is -0.383 e. The molecule has 7 nitrogen and oxygen atoms in total. The molecule has 0 aliphatic carbocycles. The number of nitrogens with two attached hydrogens (primary N) is 2. The van der Waals surface area contributed by atoms with Crippen molar-refractivity contribution in [2.45, 2.75) is 0 Å². The van der Waals surface area contributed by atoms with Crippen LogP contribution in [0.1, 0.15) is 5.56 Å². The van der Waals surface area contributed by atoms with Crippen LogP contribution in [0.3, 0.4) is 0 Å². The van der Waals surface area contributed by atoms with Gasteiger partial charge in [0.2, 0.25) is 5.95 Å². The molecule has 0 spiro atoms. The van der Waals surface area contributed by atoms with Gasteiger partial charge in [0, 0.05) is 31.1 Å². The molecule has 1 aromatic carbocycles. The summed E-state index contributed by atoms with van der Waals surface area (Å²) >= 11 is 0. The van der Waals surface area contributed by atoms with Gasteiger partial charge in [0.25, 0.3) is 0 Å². The summed E-state index contributed by atoms with van der Waals surface area (Å²) in [4.78, 5) is 7.59. The first-order chi connectivity index (χ1) is 13.4. The Bertz CT molecular complexity index is 1040. The van der Waals surface area contributed by atoms with Gasteiger partial charge in [0.05, 0.1) is 11.3 Å². The van der Waals surface area contributed by atoms with Gasteiger partial charge in [-0.2, -0.15) is 9.49 Å². The lowest BCUT2D eigenvalue weighted by molar-refractivity contribution is 0.509. The Balaban J connectivity index is 2.11. The van der Waals surface area contributed by atoms with Crippen LogP contribution in [0.15, 0.2) is 53.9 Å². The Hall–Kier alpha value is -3.66. The van der Waals surface area contributed by atoms with Gasteiger partial charge in [0.1, 0.15) is 5.82 Å². The summed E-state index contributed by atoms with van der Waals surface area (Å²) < 4.78 is 41.2. The highest BCUT2D eigenvalue weighted by atomic mass is 19.2. The quantitative estimate of drug-likeness (QED) is 0.209. The van der Waals surface area contributed by atoms with Gasteiger partial charge in [-0.3, -0.25) is 5.01 Å². The van der Waals surface area contributed by atoms with Crippen molar-refractivity contribution in [2.24, 2.45) is 10.9 Å². The number of hydrazine groups is 1. The first-order valence-corrected chi connectivity index (χ1v) is 8.03. The van der Waals surface area contributed by atoms with E-state index in [-0.39, 0.29) is 22.9 Å². The number of pyridine rings is 2. The zero-order valence-corrected chi connectivity index (χ0v) is 14.7. The molecule has 0 aliphatic rings. The van der Waals surface area contributed by atoms with Gasteiger partial charge in [-0.25, -0.2) is 24.6 Å². The van der Waals surface area contributed by atoms with Gasteiger partial charge in [-0.1, -0.05) is 6.07 Å². The van der Waals surface area contributed by atoms with Gasteiger partial charge in [-0.15, -0.1) is 0 Å². The third-order valence-electron chi connectivity index (χ3n) is 3.86.